The van der Waals surface area contributed by atoms with Crippen LogP contribution >= 0.6 is 0 Å². The van der Waals surface area contributed by atoms with Crippen molar-refractivity contribution >= 4 is 11.6 Å². The van der Waals surface area contributed by atoms with Gasteiger partial charge in [0.25, 0.3) is 0 Å². The van der Waals surface area contributed by atoms with Crippen LogP contribution in [-0.4, -0.2) is 42.2 Å². The summed E-state index contributed by atoms with van der Waals surface area (Å²) in [4.78, 5) is 11.1. The SMILES string of the molecule is CC1CNCCN1c1cc(NCC2CCC2)ncn1. The van der Waals surface area contributed by atoms with Crippen LogP contribution < -0.4 is 15.5 Å². The van der Waals surface area contributed by atoms with Crippen molar-refractivity contribution in [3.05, 3.63) is 12.4 Å². The van der Waals surface area contributed by atoms with Crippen LogP contribution in [0.25, 0.3) is 0 Å². The molecule has 2 heterocycles. The second-order valence-corrected chi connectivity index (χ2v) is 5.69. The summed E-state index contributed by atoms with van der Waals surface area (Å²) in [6.45, 7) is 6.34. The van der Waals surface area contributed by atoms with E-state index in [0.29, 0.717) is 6.04 Å². The number of hydrogen-bond donors (Lipinski definition) is 2. The second kappa shape index (κ2) is 5.74. The van der Waals surface area contributed by atoms with Gasteiger partial charge in [-0.3, -0.25) is 0 Å². The maximum atomic E-state index is 4.42. The van der Waals surface area contributed by atoms with E-state index in [4.69, 9.17) is 0 Å². The highest BCUT2D eigenvalue weighted by Gasteiger charge is 2.20. The van der Waals surface area contributed by atoms with Crippen LogP contribution in [0, 0.1) is 5.92 Å². The first-order valence-corrected chi connectivity index (χ1v) is 7.36. The van der Waals surface area contributed by atoms with E-state index in [1.807, 2.05) is 0 Å². The quantitative estimate of drug-likeness (QED) is 0.860. The smallest absolute Gasteiger partial charge is 0.134 e. The topological polar surface area (TPSA) is 53.1 Å². The minimum Gasteiger partial charge on any atom is -0.370 e. The second-order valence-electron chi connectivity index (χ2n) is 5.69. The van der Waals surface area contributed by atoms with Crippen molar-refractivity contribution < 1.29 is 0 Å². The minimum atomic E-state index is 0.489. The van der Waals surface area contributed by atoms with Crippen LogP contribution in [0.2, 0.25) is 0 Å². The molecular formula is C14H23N5. The first-order valence-electron chi connectivity index (χ1n) is 7.36. The van der Waals surface area contributed by atoms with E-state index in [1.54, 1.807) is 6.33 Å². The Hall–Kier alpha value is -1.36. The lowest BCUT2D eigenvalue weighted by atomic mass is 9.85. The maximum Gasteiger partial charge on any atom is 0.134 e. The van der Waals surface area contributed by atoms with Gasteiger partial charge >= 0.3 is 0 Å². The highest BCUT2D eigenvalue weighted by Crippen LogP contribution is 2.26. The van der Waals surface area contributed by atoms with Gasteiger partial charge in [0.05, 0.1) is 0 Å². The van der Waals surface area contributed by atoms with Gasteiger partial charge in [0.1, 0.15) is 18.0 Å². The van der Waals surface area contributed by atoms with Crippen LogP contribution in [0.4, 0.5) is 11.6 Å². The van der Waals surface area contributed by atoms with Crippen molar-refractivity contribution in [1.29, 1.82) is 0 Å². The molecule has 104 valence electrons. The maximum absolute atomic E-state index is 4.42. The molecule has 5 heteroatoms. The molecule has 2 fully saturated rings. The summed E-state index contributed by atoms with van der Waals surface area (Å²) in [5.74, 6) is 2.85. The predicted octanol–water partition coefficient (Wildman–Crippen LogP) is 1.49. The molecule has 3 rings (SSSR count). The molecule has 1 aliphatic carbocycles. The lowest BCUT2D eigenvalue weighted by molar-refractivity contribution is 0.333. The Morgan fingerprint density at radius 3 is 3.05 bits per heavy atom. The molecule has 5 nitrogen and oxygen atoms in total. The molecule has 1 aromatic heterocycles. The number of nitrogens with zero attached hydrogens (tertiary/aromatic N) is 3. The molecule has 1 saturated heterocycles. The predicted molar refractivity (Wildman–Crippen MR) is 77.5 cm³/mol. The number of nitrogens with one attached hydrogen (secondary N) is 2. The number of hydrogen-bond acceptors (Lipinski definition) is 5. The fourth-order valence-electron chi connectivity index (χ4n) is 2.73. The van der Waals surface area contributed by atoms with Gasteiger partial charge in [0.2, 0.25) is 0 Å². The third kappa shape index (κ3) is 2.97. The van der Waals surface area contributed by atoms with Gasteiger partial charge in [0, 0.05) is 38.3 Å². The largest absolute Gasteiger partial charge is 0.370 e. The number of piperazine rings is 1. The van der Waals surface area contributed by atoms with Crippen molar-refractivity contribution in [2.75, 3.05) is 36.4 Å². The Balaban J connectivity index is 1.64. The molecule has 19 heavy (non-hydrogen) atoms. The van der Waals surface area contributed by atoms with Crippen LogP contribution in [0.3, 0.4) is 0 Å². The van der Waals surface area contributed by atoms with E-state index in [9.17, 15) is 0 Å². The molecule has 0 amide bonds. The summed E-state index contributed by atoms with van der Waals surface area (Å²) in [6.07, 6.45) is 5.78. The molecule has 0 bridgehead atoms. The van der Waals surface area contributed by atoms with Gasteiger partial charge in [-0.15, -0.1) is 0 Å². The summed E-state index contributed by atoms with van der Waals surface area (Å²) >= 11 is 0. The van der Waals surface area contributed by atoms with Crippen molar-refractivity contribution in [3.8, 4) is 0 Å². The van der Waals surface area contributed by atoms with E-state index in [-0.39, 0.29) is 0 Å². The van der Waals surface area contributed by atoms with Crippen molar-refractivity contribution in [3.63, 3.8) is 0 Å². The summed E-state index contributed by atoms with van der Waals surface area (Å²) in [5, 5.41) is 6.85. The highest BCUT2D eigenvalue weighted by molar-refractivity contribution is 5.49. The molecule has 2 aliphatic rings. The van der Waals surface area contributed by atoms with E-state index in [1.165, 1.54) is 19.3 Å². The summed E-state index contributed by atoms with van der Waals surface area (Å²) in [5.41, 5.74) is 0. The van der Waals surface area contributed by atoms with Gasteiger partial charge in [-0.05, 0) is 25.7 Å². The van der Waals surface area contributed by atoms with E-state index in [2.05, 4.69) is 38.5 Å². The van der Waals surface area contributed by atoms with Gasteiger partial charge in [0.15, 0.2) is 0 Å². The van der Waals surface area contributed by atoms with Gasteiger partial charge in [-0.1, -0.05) is 6.42 Å². The Morgan fingerprint density at radius 2 is 2.32 bits per heavy atom. The molecule has 1 unspecified atom stereocenters. The van der Waals surface area contributed by atoms with Crippen molar-refractivity contribution in [2.24, 2.45) is 5.92 Å². The zero-order chi connectivity index (χ0) is 13.1. The lowest BCUT2D eigenvalue weighted by Crippen LogP contribution is -2.50. The normalized spacial score (nSPS) is 24.1. The number of anilines is 2. The van der Waals surface area contributed by atoms with E-state index in [0.717, 1.165) is 43.7 Å². The zero-order valence-electron chi connectivity index (χ0n) is 11.6. The lowest BCUT2D eigenvalue weighted by Gasteiger charge is -2.35. The monoisotopic (exact) mass is 261 g/mol. The molecule has 0 radical (unpaired) electrons. The van der Waals surface area contributed by atoms with Gasteiger partial charge < -0.3 is 15.5 Å². The van der Waals surface area contributed by atoms with E-state index >= 15 is 0 Å². The standard InChI is InChI=1S/C14H23N5/c1-11-8-15-5-6-19(11)14-7-13(17-10-18-14)16-9-12-3-2-4-12/h7,10-12,15H,2-6,8-9H2,1H3,(H,16,17,18). The minimum absolute atomic E-state index is 0.489. The average Bonchev–Trinajstić information content (AvgIpc) is 2.38. The van der Waals surface area contributed by atoms with Crippen LogP contribution in [-0.2, 0) is 0 Å². The van der Waals surface area contributed by atoms with Crippen molar-refractivity contribution in [1.82, 2.24) is 15.3 Å². The van der Waals surface area contributed by atoms with Gasteiger partial charge in [-0.2, -0.15) is 0 Å². The molecule has 0 spiro atoms. The Labute approximate surface area is 114 Å². The fraction of sp³-hybridized carbons (Fsp3) is 0.714. The molecule has 0 aromatic carbocycles. The van der Waals surface area contributed by atoms with E-state index < -0.39 is 0 Å². The Morgan fingerprint density at radius 1 is 1.42 bits per heavy atom. The molecule has 1 aromatic rings. The zero-order valence-corrected chi connectivity index (χ0v) is 11.6. The Bertz CT molecular complexity index is 418. The Kier molecular flexibility index (Phi) is 3.82. The third-order valence-corrected chi connectivity index (χ3v) is 4.24. The van der Waals surface area contributed by atoms with Crippen LogP contribution in [0.1, 0.15) is 26.2 Å². The fourth-order valence-corrected chi connectivity index (χ4v) is 2.73. The number of rotatable bonds is 4. The van der Waals surface area contributed by atoms with Crippen LogP contribution in [0.5, 0.6) is 0 Å². The first kappa shape index (κ1) is 12.7. The molecule has 2 N–H and O–H groups in total. The summed E-state index contributed by atoms with van der Waals surface area (Å²) < 4.78 is 0. The average molecular weight is 261 g/mol. The van der Waals surface area contributed by atoms with Crippen LogP contribution in [0.15, 0.2) is 12.4 Å². The first-order chi connectivity index (χ1) is 9.33. The summed E-state index contributed by atoms with van der Waals surface area (Å²) in [6, 6.07) is 2.57. The van der Waals surface area contributed by atoms with Crippen molar-refractivity contribution in [2.45, 2.75) is 32.2 Å². The van der Waals surface area contributed by atoms with Gasteiger partial charge in [-0.25, -0.2) is 9.97 Å². The highest BCUT2D eigenvalue weighted by atomic mass is 15.3. The molecule has 1 saturated carbocycles. The summed E-state index contributed by atoms with van der Waals surface area (Å²) in [7, 11) is 0. The molecular weight excluding hydrogens is 238 g/mol. The molecule has 1 atom stereocenters. The molecule has 1 aliphatic heterocycles. The number of aromatic nitrogens is 2. The third-order valence-electron chi connectivity index (χ3n) is 4.24.